The molecule has 0 unspecified atom stereocenters. The molecule has 1 aromatic heterocycles. The van der Waals surface area contributed by atoms with E-state index in [4.69, 9.17) is 9.84 Å². The van der Waals surface area contributed by atoms with E-state index in [1.54, 1.807) is 7.11 Å². The molecule has 5 heteroatoms. The minimum atomic E-state index is -0.155. The highest BCUT2D eigenvalue weighted by molar-refractivity contribution is 5.72. The lowest BCUT2D eigenvalue weighted by atomic mass is 9.47. The Bertz CT molecular complexity index is 1180. The highest BCUT2D eigenvalue weighted by atomic mass is 16.5. The van der Waals surface area contributed by atoms with Gasteiger partial charge in [0.25, 0.3) is 0 Å². The van der Waals surface area contributed by atoms with Gasteiger partial charge in [0.1, 0.15) is 5.75 Å². The second kappa shape index (κ2) is 8.35. The fourth-order valence-electron chi connectivity index (χ4n) is 8.20. The van der Waals surface area contributed by atoms with Crippen molar-refractivity contribution in [2.45, 2.75) is 71.5 Å². The number of aliphatic hydroxyl groups excluding tert-OH is 2. The van der Waals surface area contributed by atoms with Crippen molar-refractivity contribution in [2.75, 3.05) is 7.11 Å². The van der Waals surface area contributed by atoms with Crippen LogP contribution in [-0.4, -0.2) is 33.2 Å². The number of benzene rings is 1. The molecule has 35 heavy (non-hydrogen) atoms. The van der Waals surface area contributed by atoms with Crippen LogP contribution in [0.15, 0.2) is 48.2 Å². The van der Waals surface area contributed by atoms with E-state index in [2.05, 4.69) is 26.0 Å². The van der Waals surface area contributed by atoms with Gasteiger partial charge in [0, 0.05) is 11.8 Å². The van der Waals surface area contributed by atoms with Gasteiger partial charge in [-0.2, -0.15) is 5.10 Å². The zero-order valence-corrected chi connectivity index (χ0v) is 21.2. The van der Waals surface area contributed by atoms with Crippen molar-refractivity contribution < 1.29 is 14.9 Å². The average Bonchev–Trinajstić information content (AvgIpc) is 3.45. The Kier molecular flexibility index (Phi) is 5.50. The van der Waals surface area contributed by atoms with Crippen molar-refractivity contribution in [1.29, 1.82) is 0 Å². The Labute approximate surface area is 208 Å². The van der Waals surface area contributed by atoms with Gasteiger partial charge < -0.3 is 14.9 Å². The molecular weight excluding hydrogens is 436 g/mol. The van der Waals surface area contributed by atoms with Crippen molar-refractivity contribution in [3.05, 3.63) is 59.4 Å². The van der Waals surface area contributed by atoms with Crippen molar-refractivity contribution in [3.8, 4) is 11.4 Å². The summed E-state index contributed by atoms with van der Waals surface area (Å²) in [6.45, 7) is 4.92. The van der Waals surface area contributed by atoms with Crippen LogP contribution in [0.5, 0.6) is 5.75 Å². The van der Waals surface area contributed by atoms with Gasteiger partial charge in [-0.15, -0.1) is 0 Å². The average molecular weight is 475 g/mol. The second-order valence-corrected chi connectivity index (χ2v) is 11.8. The minimum Gasteiger partial charge on any atom is -0.497 e. The van der Waals surface area contributed by atoms with E-state index in [1.165, 1.54) is 17.6 Å². The molecule has 2 N–H and O–H groups in total. The molecule has 2 fully saturated rings. The van der Waals surface area contributed by atoms with Crippen LogP contribution in [0.3, 0.4) is 0 Å². The van der Waals surface area contributed by atoms with Crippen molar-refractivity contribution >= 4 is 5.57 Å². The monoisotopic (exact) mass is 474 g/mol. The maximum Gasteiger partial charge on any atom is 0.119 e. The predicted octanol–water partition coefficient (Wildman–Crippen LogP) is 5.69. The number of nitrogens with zero attached hydrogens (tertiary/aromatic N) is 2. The summed E-state index contributed by atoms with van der Waals surface area (Å²) in [5, 5.41) is 25.6. The summed E-state index contributed by atoms with van der Waals surface area (Å²) in [6.07, 6.45) is 14.3. The molecule has 5 nitrogen and oxygen atoms in total. The Hall–Kier alpha value is -2.37. The topological polar surface area (TPSA) is 67.5 Å². The summed E-state index contributed by atoms with van der Waals surface area (Å²) >= 11 is 0. The van der Waals surface area contributed by atoms with Crippen LogP contribution in [0.4, 0.5) is 0 Å². The van der Waals surface area contributed by atoms with E-state index in [-0.39, 0.29) is 23.5 Å². The SMILES string of the molecule is COc1ccc(-n2cc(CO)c(C3=CC[C@H]4[C@@H]5CC=C6C[C@@H](O)CC[C@]6(C)[C@H]5CC[C@]34C)n2)cc1. The maximum atomic E-state index is 10.3. The van der Waals surface area contributed by atoms with Gasteiger partial charge in [0.2, 0.25) is 0 Å². The molecule has 6 rings (SSSR count). The third-order valence-electron chi connectivity index (χ3n) is 10.2. The number of allylic oxidation sites excluding steroid dienone is 3. The fourth-order valence-corrected chi connectivity index (χ4v) is 8.20. The number of methoxy groups -OCH3 is 1. The summed E-state index contributed by atoms with van der Waals surface area (Å²) in [4.78, 5) is 0. The van der Waals surface area contributed by atoms with Crippen molar-refractivity contribution in [1.82, 2.24) is 9.78 Å². The van der Waals surface area contributed by atoms with Crippen LogP contribution in [0.1, 0.15) is 70.1 Å². The lowest BCUT2D eigenvalue weighted by Gasteiger charge is -2.57. The predicted molar refractivity (Wildman–Crippen MR) is 137 cm³/mol. The molecule has 0 amide bonds. The zero-order chi connectivity index (χ0) is 24.4. The first-order chi connectivity index (χ1) is 16.9. The lowest BCUT2D eigenvalue weighted by molar-refractivity contribution is -0.0239. The Balaban J connectivity index is 1.31. The van der Waals surface area contributed by atoms with E-state index < -0.39 is 0 Å². The van der Waals surface area contributed by atoms with Gasteiger partial charge in [-0.05, 0) is 103 Å². The van der Waals surface area contributed by atoms with Crippen LogP contribution in [0.25, 0.3) is 11.3 Å². The summed E-state index contributed by atoms with van der Waals surface area (Å²) in [5.74, 6) is 2.80. The molecule has 0 spiro atoms. The van der Waals surface area contributed by atoms with Crippen LogP contribution in [0.2, 0.25) is 0 Å². The van der Waals surface area contributed by atoms with Gasteiger partial charge in [-0.25, -0.2) is 4.68 Å². The number of ether oxygens (including phenoxy) is 1. The quantitative estimate of drug-likeness (QED) is 0.559. The maximum absolute atomic E-state index is 10.3. The zero-order valence-electron chi connectivity index (χ0n) is 21.2. The normalized spacial score (nSPS) is 36.0. The molecule has 2 saturated carbocycles. The number of fused-ring (bicyclic) bond motifs is 5. The van der Waals surface area contributed by atoms with Gasteiger partial charge in [0.15, 0.2) is 0 Å². The molecule has 1 aromatic carbocycles. The van der Waals surface area contributed by atoms with Gasteiger partial charge in [0.05, 0.1) is 31.2 Å². The van der Waals surface area contributed by atoms with Crippen molar-refractivity contribution in [2.24, 2.45) is 28.6 Å². The molecule has 0 saturated heterocycles. The van der Waals surface area contributed by atoms with Crippen LogP contribution in [-0.2, 0) is 6.61 Å². The third kappa shape index (κ3) is 3.46. The molecule has 6 atom stereocenters. The molecule has 186 valence electrons. The van der Waals surface area contributed by atoms with E-state index in [0.29, 0.717) is 17.8 Å². The number of rotatable bonds is 4. The number of hydrogen-bond acceptors (Lipinski definition) is 4. The number of aromatic nitrogens is 2. The first kappa shape index (κ1) is 23.1. The molecule has 4 aliphatic rings. The van der Waals surface area contributed by atoms with E-state index >= 15 is 0 Å². The van der Waals surface area contributed by atoms with E-state index in [0.717, 1.165) is 61.2 Å². The summed E-state index contributed by atoms with van der Waals surface area (Å²) < 4.78 is 7.20. The smallest absolute Gasteiger partial charge is 0.119 e. The molecule has 4 aliphatic carbocycles. The number of hydrogen-bond donors (Lipinski definition) is 2. The molecule has 1 heterocycles. The van der Waals surface area contributed by atoms with Crippen LogP contribution in [0, 0.1) is 28.6 Å². The van der Waals surface area contributed by atoms with E-state index in [1.807, 2.05) is 35.1 Å². The second-order valence-electron chi connectivity index (χ2n) is 11.8. The fraction of sp³-hybridized carbons (Fsp3) is 0.567. The lowest BCUT2D eigenvalue weighted by Crippen LogP contribution is -2.49. The van der Waals surface area contributed by atoms with Gasteiger partial charge in [-0.3, -0.25) is 0 Å². The molecule has 0 bridgehead atoms. The van der Waals surface area contributed by atoms with Crippen molar-refractivity contribution in [3.63, 3.8) is 0 Å². The van der Waals surface area contributed by atoms with E-state index in [9.17, 15) is 10.2 Å². The summed E-state index contributed by atoms with van der Waals surface area (Å²) in [7, 11) is 1.67. The van der Waals surface area contributed by atoms with Crippen LogP contribution >= 0.6 is 0 Å². The van der Waals surface area contributed by atoms with Gasteiger partial charge >= 0.3 is 0 Å². The highest BCUT2D eigenvalue weighted by Crippen LogP contribution is 2.66. The first-order valence-electron chi connectivity index (χ1n) is 13.3. The Morgan fingerprint density at radius 3 is 2.54 bits per heavy atom. The molecule has 2 aromatic rings. The molecule has 0 aliphatic heterocycles. The largest absolute Gasteiger partial charge is 0.497 e. The first-order valence-corrected chi connectivity index (χ1v) is 13.3. The Morgan fingerprint density at radius 1 is 1.03 bits per heavy atom. The summed E-state index contributed by atoms with van der Waals surface area (Å²) in [6, 6.07) is 7.89. The standard InChI is InChI=1S/C30H38N2O3/c1-29-14-12-22(34)16-20(29)4-9-24-25-10-11-27(30(25,2)15-13-26(24)29)28-19(18-33)17-32(31-28)21-5-7-23(35-3)8-6-21/h4-8,11,17,22,24-26,33-34H,9-10,12-16,18H2,1-3H3/t22-,24-,25-,26-,29-,30-/m0/s1. The van der Waals surface area contributed by atoms with Gasteiger partial charge in [-0.1, -0.05) is 31.6 Å². The molecular formula is C30H38N2O3. The minimum absolute atomic E-state index is 0.0118. The molecule has 0 radical (unpaired) electrons. The highest BCUT2D eigenvalue weighted by Gasteiger charge is 2.57. The number of aliphatic hydroxyl groups is 2. The summed E-state index contributed by atoms with van der Waals surface area (Å²) in [5.41, 5.74) is 6.01. The van der Waals surface area contributed by atoms with Crippen LogP contribution < -0.4 is 4.74 Å². The third-order valence-corrected chi connectivity index (χ3v) is 10.2. The Morgan fingerprint density at radius 2 is 1.80 bits per heavy atom.